The SMILES string of the molecule is Cc1cc2c(C(C)C)c(O)c(O)c(C=NNC(=O)NC3CCCCC3)c2c(O)c1-c1c(C)cc2c(C(C)C)c(O)c(O)c(C=NNC(=O)NC3CCCCC3)c2c1O. The van der Waals surface area contributed by atoms with Gasteiger partial charge in [-0.25, -0.2) is 20.4 Å². The van der Waals surface area contributed by atoms with Gasteiger partial charge in [0.05, 0.1) is 23.6 Å². The highest BCUT2D eigenvalue weighted by Crippen LogP contribution is 2.54. The average Bonchev–Trinajstić information content (AvgIpc) is 3.16. The van der Waals surface area contributed by atoms with Gasteiger partial charge in [0.1, 0.15) is 11.5 Å². The molecule has 58 heavy (non-hydrogen) atoms. The summed E-state index contributed by atoms with van der Waals surface area (Å²) >= 11 is 0. The first-order valence-corrected chi connectivity index (χ1v) is 20.3. The molecule has 310 valence electrons. The van der Waals surface area contributed by atoms with Crippen molar-refractivity contribution >= 4 is 46.0 Å². The number of hydrogen-bond donors (Lipinski definition) is 10. The molecule has 0 aliphatic heterocycles. The molecule has 4 aromatic rings. The normalized spacial score (nSPS) is 15.7. The van der Waals surface area contributed by atoms with Gasteiger partial charge in [0, 0.05) is 45.1 Å². The zero-order valence-electron chi connectivity index (χ0n) is 34.1. The van der Waals surface area contributed by atoms with Crippen LogP contribution < -0.4 is 21.5 Å². The lowest BCUT2D eigenvalue weighted by atomic mass is 9.83. The summed E-state index contributed by atoms with van der Waals surface area (Å²) in [5.41, 5.74) is 6.87. The fourth-order valence-corrected chi connectivity index (χ4v) is 8.86. The number of nitrogens with one attached hydrogen (secondary N) is 4. The van der Waals surface area contributed by atoms with Gasteiger partial charge in [-0.15, -0.1) is 0 Å². The number of hydrogen-bond acceptors (Lipinski definition) is 10. The molecule has 0 bridgehead atoms. The summed E-state index contributed by atoms with van der Waals surface area (Å²) in [6.07, 6.45) is 12.1. The van der Waals surface area contributed by atoms with E-state index in [4.69, 9.17) is 0 Å². The number of fused-ring (bicyclic) bond motifs is 2. The molecular formula is C44H56N6O8. The minimum Gasteiger partial charge on any atom is -0.507 e. The number of benzene rings is 4. The van der Waals surface area contributed by atoms with Gasteiger partial charge >= 0.3 is 12.1 Å². The number of phenols is 6. The highest BCUT2D eigenvalue weighted by Gasteiger charge is 2.30. The van der Waals surface area contributed by atoms with Crippen molar-refractivity contribution in [3.8, 4) is 45.6 Å². The summed E-state index contributed by atoms with van der Waals surface area (Å²) in [5, 5.41) is 85.1. The number of urea groups is 2. The molecule has 0 spiro atoms. The zero-order chi connectivity index (χ0) is 42.0. The Balaban J connectivity index is 1.51. The summed E-state index contributed by atoms with van der Waals surface area (Å²) in [5.74, 6) is -3.20. The van der Waals surface area contributed by atoms with Crippen molar-refractivity contribution in [3.63, 3.8) is 0 Å². The average molecular weight is 797 g/mol. The zero-order valence-corrected chi connectivity index (χ0v) is 34.1. The van der Waals surface area contributed by atoms with Crippen molar-refractivity contribution in [2.24, 2.45) is 10.2 Å². The number of amides is 4. The predicted octanol–water partition coefficient (Wildman–Crippen LogP) is 8.69. The smallest absolute Gasteiger partial charge is 0.335 e. The molecule has 2 aliphatic carbocycles. The van der Waals surface area contributed by atoms with E-state index >= 15 is 0 Å². The van der Waals surface area contributed by atoms with Gasteiger partial charge in [0.25, 0.3) is 0 Å². The van der Waals surface area contributed by atoms with Crippen LogP contribution in [0.1, 0.15) is 137 Å². The molecule has 0 aromatic heterocycles. The maximum Gasteiger partial charge on any atom is 0.335 e. The molecule has 0 radical (unpaired) electrons. The van der Waals surface area contributed by atoms with Gasteiger partial charge in [-0.2, -0.15) is 10.2 Å². The lowest BCUT2D eigenvalue weighted by Gasteiger charge is -2.23. The topological polar surface area (TPSA) is 228 Å². The van der Waals surface area contributed by atoms with Crippen molar-refractivity contribution < 1.29 is 40.2 Å². The summed E-state index contributed by atoms with van der Waals surface area (Å²) in [7, 11) is 0. The van der Waals surface area contributed by atoms with Crippen molar-refractivity contribution in [2.45, 2.75) is 130 Å². The maximum absolute atomic E-state index is 12.7. The standard InChI is InChI=1S/C44H56N6O8/c1-21(2)31-27-17-23(5)33(39(53)35(27)29(37(51)41(31)55)19-45-49-43(57)47-25-13-9-7-10-14-25)34-24(6)18-28-32(22(3)4)42(56)38(52)30(36(28)40(34)54)20-46-50-44(58)48-26-15-11-8-12-16-26/h17-22,25-26,51-56H,7-16H2,1-6H3,(H2,47,49,57)(H2,48,50,58). The van der Waals surface area contributed by atoms with E-state index in [9.17, 15) is 40.2 Å². The largest absolute Gasteiger partial charge is 0.507 e. The number of hydrazone groups is 2. The van der Waals surface area contributed by atoms with Gasteiger partial charge < -0.3 is 41.3 Å². The van der Waals surface area contributed by atoms with Gasteiger partial charge in [0.2, 0.25) is 0 Å². The van der Waals surface area contributed by atoms with Crippen LogP contribution in [-0.4, -0.2) is 67.2 Å². The Morgan fingerprint density at radius 2 is 0.914 bits per heavy atom. The number of carbonyl (C=O) groups is 2. The van der Waals surface area contributed by atoms with E-state index in [2.05, 4.69) is 31.7 Å². The third kappa shape index (κ3) is 8.09. The Bertz CT molecular complexity index is 2150. The third-order valence-electron chi connectivity index (χ3n) is 11.6. The summed E-state index contributed by atoms with van der Waals surface area (Å²) < 4.78 is 0. The van der Waals surface area contributed by atoms with Gasteiger partial charge in [-0.05, 0) is 73.3 Å². The monoisotopic (exact) mass is 796 g/mol. The lowest BCUT2D eigenvalue weighted by Crippen LogP contribution is -2.41. The van der Waals surface area contributed by atoms with Crippen LogP contribution in [0, 0.1) is 13.8 Å². The Hall–Kier alpha value is -5.92. The molecule has 2 aliphatic rings. The Labute approximate surface area is 338 Å². The van der Waals surface area contributed by atoms with E-state index in [0.29, 0.717) is 33.0 Å². The molecule has 0 heterocycles. The molecule has 0 atom stereocenters. The predicted molar refractivity (Wildman–Crippen MR) is 227 cm³/mol. The van der Waals surface area contributed by atoms with Crippen LogP contribution in [0.4, 0.5) is 9.59 Å². The molecule has 4 amide bonds. The number of phenolic OH excluding ortho intramolecular Hbond substituents is 6. The van der Waals surface area contributed by atoms with Crippen LogP contribution >= 0.6 is 0 Å². The van der Waals surface area contributed by atoms with E-state index in [1.807, 2.05) is 27.7 Å². The summed E-state index contributed by atoms with van der Waals surface area (Å²) in [4.78, 5) is 25.4. The fourth-order valence-electron chi connectivity index (χ4n) is 8.86. The molecule has 2 saturated carbocycles. The molecule has 4 aromatic carbocycles. The van der Waals surface area contributed by atoms with E-state index in [1.54, 1.807) is 26.0 Å². The van der Waals surface area contributed by atoms with Crippen molar-refractivity contribution in [2.75, 3.05) is 0 Å². The van der Waals surface area contributed by atoms with E-state index in [-0.39, 0.29) is 68.4 Å². The number of aryl methyl sites for hydroxylation is 2. The molecule has 0 saturated heterocycles. The molecule has 6 rings (SSSR count). The molecule has 2 fully saturated rings. The molecule has 0 unspecified atom stereocenters. The van der Waals surface area contributed by atoms with Crippen LogP contribution in [0.15, 0.2) is 22.3 Å². The number of aromatic hydroxyl groups is 6. The number of carbonyl (C=O) groups excluding carboxylic acids is 2. The molecule has 10 N–H and O–H groups in total. The maximum atomic E-state index is 12.7. The highest BCUT2D eigenvalue weighted by molar-refractivity contribution is 6.15. The van der Waals surface area contributed by atoms with Gasteiger partial charge in [0.15, 0.2) is 23.0 Å². The summed E-state index contributed by atoms with van der Waals surface area (Å²) in [6.45, 7) is 10.8. The first-order valence-electron chi connectivity index (χ1n) is 20.3. The van der Waals surface area contributed by atoms with Crippen LogP contribution in [0.5, 0.6) is 34.5 Å². The third-order valence-corrected chi connectivity index (χ3v) is 11.6. The van der Waals surface area contributed by atoms with E-state index in [1.165, 1.54) is 0 Å². The first kappa shape index (κ1) is 41.7. The Morgan fingerprint density at radius 1 is 0.569 bits per heavy atom. The molecule has 14 heteroatoms. The van der Waals surface area contributed by atoms with E-state index < -0.39 is 35.1 Å². The lowest BCUT2D eigenvalue weighted by molar-refractivity contribution is 0.232. The van der Waals surface area contributed by atoms with Gasteiger partial charge in [-0.1, -0.05) is 78.4 Å². The minimum absolute atomic E-state index is 0.0243. The fraction of sp³-hybridized carbons (Fsp3) is 0.455. The molecular weight excluding hydrogens is 741 g/mol. The van der Waals surface area contributed by atoms with Gasteiger partial charge in [-0.3, -0.25) is 0 Å². The van der Waals surface area contributed by atoms with Crippen LogP contribution in [-0.2, 0) is 0 Å². The minimum atomic E-state index is -0.556. The number of rotatable bonds is 9. The van der Waals surface area contributed by atoms with Crippen LogP contribution in [0.2, 0.25) is 0 Å². The second kappa shape index (κ2) is 17.3. The second-order valence-corrected chi connectivity index (χ2v) is 16.4. The highest BCUT2D eigenvalue weighted by atomic mass is 16.3. The van der Waals surface area contributed by atoms with Crippen molar-refractivity contribution in [1.29, 1.82) is 0 Å². The Kier molecular flexibility index (Phi) is 12.4. The summed E-state index contributed by atoms with van der Waals surface area (Å²) in [6, 6.07) is 2.48. The second-order valence-electron chi connectivity index (χ2n) is 16.4. The number of nitrogens with zero attached hydrogens (tertiary/aromatic N) is 2. The van der Waals surface area contributed by atoms with E-state index in [0.717, 1.165) is 76.6 Å². The van der Waals surface area contributed by atoms with Crippen molar-refractivity contribution in [1.82, 2.24) is 21.5 Å². The quantitative estimate of drug-likeness (QED) is 0.0446. The van der Waals surface area contributed by atoms with Crippen LogP contribution in [0.25, 0.3) is 32.7 Å². The molecule has 14 nitrogen and oxygen atoms in total. The Morgan fingerprint density at radius 3 is 1.24 bits per heavy atom. The first-order chi connectivity index (χ1) is 27.6. The van der Waals surface area contributed by atoms with Crippen molar-refractivity contribution in [3.05, 3.63) is 45.5 Å². The van der Waals surface area contributed by atoms with Crippen LogP contribution in [0.3, 0.4) is 0 Å².